The number of hydrogen-bond donors (Lipinski definition) is 0. The molecule has 8 heteroatoms. The largest absolute Gasteiger partial charge is 0.418 e. The molecule has 0 amide bonds. The van der Waals surface area contributed by atoms with Gasteiger partial charge in [0, 0.05) is 9.05 Å². The Hall–Kier alpha value is -1.34. The van der Waals surface area contributed by atoms with Gasteiger partial charge in [-0.3, -0.25) is 4.94 Å². The lowest BCUT2D eigenvalue weighted by Crippen LogP contribution is -2.49. The van der Waals surface area contributed by atoms with Gasteiger partial charge < -0.3 is 0 Å². The Morgan fingerprint density at radius 3 is 1.64 bits per heavy atom. The van der Waals surface area contributed by atoms with Gasteiger partial charge in [0.25, 0.3) is 0 Å². The molecule has 0 bridgehead atoms. The fraction of sp³-hybridized carbons (Fsp3) is 0.667. The lowest BCUT2D eigenvalue weighted by atomic mass is 9.86. The highest BCUT2D eigenvalue weighted by molar-refractivity contribution is 5.88. The summed E-state index contributed by atoms with van der Waals surface area (Å²) in [7, 11) is 0. The molecule has 0 aromatic carbocycles. The fourth-order valence-electron chi connectivity index (χ4n) is 0.528. The van der Waals surface area contributed by atoms with Gasteiger partial charge in [-0.1, -0.05) is 0 Å². The van der Waals surface area contributed by atoms with Crippen molar-refractivity contribution in [3.63, 3.8) is 0 Å². The zero-order chi connectivity index (χ0) is 11.6. The van der Waals surface area contributed by atoms with Crippen LogP contribution in [-0.2, 0) is 19.5 Å². The van der Waals surface area contributed by atoms with E-state index in [9.17, 15) is 27.4 Å². The highest BCUT2D eigenvalue weighted by atomic mass is 19.3. The highest BCUT2D eigenvalue weighted by Gasteiger charge is 2.61. The first kappa shape index (κ1) is 12.7. The summed E-state index contributed by atoms with van der Waals surface area (Å²) < 4.78 is 48.3. The van der Waals surface area contributed by atoms with Crippen LogP contribution in [0.25, 0.3) is 0 Å². The fourth-order valence-corrected chi connectivity index (χ4v) is 0.528. The predicted octanol–water partition coefficient (Wildman–Crippen LogP) is 1.50. The summed E-state index contributed by atoms with van der Waals surface area (Å²) in [5.74, 6) is -9.12. The maximum absolute atomic E-state index is 12.9. The van der Waals surface area contributed by atoms with Gasteiger partial charge >= 0.3 is 17.9 Å². The molecular weight excluding hydrogens is 212 g/mol. The van der Waals surface area contributed by atoms with E-state index >= 15 is 0 Å². The number of alkyl halides is 2. The van der Waals surface area contributed by atoms with E-state index in [4.69, 9.17) is 0 Å². The molecule has 82 valence electrons. The zero-order valence-electron chi connectivity index (χ0n) is 7.14. The summed E-state index contributed by atoms with van der Waals surface area (Å²) in [6.45, 7) is 1.01. The van der Waals surface area contributed by atoms with Crippen LogP contribution in [0.15, 0.2) is 0 Å². The van der Waals surface area contributed by atoms with Crippen LogP contribution >= 0.6 is 0 Å². The van der Waals surface area contributed by atoms with Crippen LogP contribution in [0.4, 0.5) is 17.8 Å². The highest BCUT2D eigenvalue weighted by Crippen LogP contribution is 2.38. The molecule has 0 saturated carbocycles. The molecule has 0 aromatic heterocycles. The third-order valence-corrected chi connectivity index (χ3v) is 1.69. The van der Waals surface area contributed by atoms with Crippen molar-refractivity contribution in [2.24, 2.45) is 5.41 Å². The Balaban J connectivity index is 5.06. The summed E-state index contributed by atoms with van der Waals surface area (Å²) >= 11 is 0. The van der Waals surface area contributed by atoms with Crippen LogP contribution in [0, 0.1) is 5.41 Å². The van der Waals surface area contributed by atoms with Crippen molar-refractivity contribution in [3.05, 3.63) is 0 Å². The zero-order valence-corrected chi connectivity index (χ0v) is 7.14. The third-order valence-electron chi connectivity index (χ3n) is 1.69. The lowest BCUT2D eigenvalue weighted by molar-refractivity contribution is -0.240. The van der Waals surface area contributed by atoms with Crippen molar-refractivity contribution in [1.82, 2.24) is 0 Å². The van der Waals surface area contributed by atoms with Gasteiger partial charge in [0.1, 0.15) is 5.41 Å². The van der Waals surface area contributed by atoms with Crippen LogP contribution in [0.5, 0.6) is 0 Å². The van der Waals surface area contributed by atoms with Crippen molar-refractivity contribution in [2.75, 3.05) is 0 Å². The smallest absolute Gasteiger partial charge is 0.254 e. The normalized spacial score (nSPS) is 12.1. The average Bonchev–Trinajstić information content (AvgIpc) is 2.14. The van der Waals surface area contributed by atoms with Crippen molar-refractivity contribution in [3.8, 4) is 0 Å². The predicted molar refractivity (Wildman–Crippen MR) is 33.1 cm³/mol. The van der Waals surface area contributed by atoms with Gasteiger partial charge in [-0.15, -0.1) is 0 Å². The molecule has 0 aliphatic carbocycles. The summed E-state index contributed by atoms with van der Waals surface area (Å²) in [5.41, 5.74) is -2.86. The summed E-state index contributed by atoms with van der Waals surface area (Å²) in [6, 6.07) is 0. The molecular formula is C6H6F4O4. The van der Waals surface area contributed by atoms with Crippen LogP contribution < -0.4 is 0 Å². The number of rotatable bonds is 3. The molecule has 0 atom stereocenters. The Morgan fingerprint density at radius 1 is 1.00 bits per heavy atom. The molecule has 0 spiro atoms. The third kappa shape index (κ3) is 1.78. The minimum Gasteiger partial charge on any atom is -0.254 e. The van der Waals surface area contributed by atoms with E-state index in [2.05, 4.69) is 9.88 Å². The van der Waals surface area contributed by atoms with E-state index in [1.54, 1.807) is 0 Å². The Bertz CT molecular complexity index is 224. The van der Waals surface area contributed by atoms with Crippen molar-refractivity contribution in [1.29, 1.82) is 0 Å². The molecule has 4 nitrogen and oxygen atoms in total. The first-order valence-corrected chi connectivity index (χ1v) is 3.25. The molecule has 0 radical (unpaired) electrons. The van der Waals surface area contributed by atoms with Crippen LogP contribution in [0.2, 0.25) is 0 Å². The van der Waals surface area contributed by atoms with Gasteiger partial charge in [0.15, 0.2) is 0 Å². The molecule has 0 heterocycles. The summed E-state index contributed by atoms with van der Waals surface area (Å²) in [5, 5.41) is 0. The lowest BCUT2D eigenvalue weighted by Gasteiger charge is -2.26. The first-order chi connectivity index (χ1) is 6.21. The molecule has 14 heavy (non-hydrogen) atoms. The van der Waals surface area contributed by atoms with E-state index in [1.807, 2.05) is 0 Å². The average molecular weight is 218 g/mol. The van der Waals surface area contributed by atoms with E-state index in [1.165, 1.54) is 0 Å². The molecule has 0 fully saturated rings. The Labute approximate surface area is 75.6 Å². The number of carbonyl (C=O) groups is 2. The van der Waals surface area contributed by atoms with Gasteiger partial charge in [0.05, 0.1) is 0 Å². The Kier molecular flexibility index (Phi) is 3.44. The SMILES string of the molecule is CC(C)(C(=O)OF)C(F)(F)C(=O)OF. The minimum absolute atomic E-state index is 0.506. The summed E-state index contributed by atoms with van der Waals surface area (Å²) in [6.07, 6.45) is 0. The van der Waals surface area contributed by atoms with E-state index in [0.717, 1.165) is 0 Å². The summed E-state index contributed by atoms with van der Waals surface area (Å²) in [4.78, 5) is 25.5. The van der Waals surface area contributed by atoms with Gasteiger partial charge in [-0.2, -0.15) is 8.78 Å². The van der Waals surface area contributed by atoms with Crippen molar-refractivity contribution < 1.29 is 37.3 Å². The maximum atomic E-state index is 12.9. The van der Waals surface area contributed by atoms with Crippen LogP contribution in [0.1, 0.15) is 13.8 Å². The molecule has 0 aliphatic heterocycles. The second kappa shape index (κ2) is 3.81. The van der Waals surface area contributed by atoms with E-state index in [0.29, 0.717) is 13.8 Å². The standard InChI is InChI=1S/C6H6F4O4/c1-5(2,3(11)13-9)6(7,8)4(12)14-10/h1-2H3. The molecule has 0 aliphatic rings. The van der Waals surface area contributed by atoms with Gasteiger partial charge in [0.2, 0.25) is 0 Å². The minimum atomic E-state index is -4.52. The van der Waals surface area contributed by atoms with E-state index in [-0.39, 0.29) is 0 Å². The number of carbonyl (C=O) groups excluding carboxylic acids is 2. The quantitative estimate of drug-likeness (QED) is 0.673. The first-order valence-electron chi connectivity index (χ1n) is 3.25. The number of halogens is 4. The topological polar surface area (TPSA) is 52.6 Å². The Morgan fingerprint density at radius 2 is 1.36 bits per heavy atom. The second-order valence-electron chi connectivity index (χ2n) is 2.93. The molecule has 0 unspecified atom stereocenters. The van der Waals surface area contributed by atoms with Crippen LogP contribution in [-0.4, -0.2) is 17.9 Å². The number of hydrogen-bond acceptors (Lipinski definition) is 4. The molecule has 0 aromatic rings. The molecule has 0 N–H and O–H groups in total. The van der Waals surface area contributed by atoms with E-state index < -0.39 is 23.3 Å². The molecule has 0 rings (SSSR count). The van der Waals surface area contributed by atoms with Crippen molar-refractivity contribution >= 4 is 11.9 Å². The monoisotopic (exact) mass is 218 g/mol. The van der Waals surface area contributed by atoms with Crippen molar-refractivity contribution in [2.45, 2.75) is 19.8 Å². The molecule has 0 saturated heterocycles. The van der Waals surface area contributed by atoms with Gasteiger partial charge in [-0.05, 0) is 13.8 Å². The second-order valence-corrected chi connectivity index (χ2v) is 2.93. The maximum Gasteiger partial charge on any atom is 0.418 e. The van der Waals surface area contributed by atoms with Crippen LogP contribution in [0.3, 0.4) is 0 Å². The van der Waals surface area contributed by atoms with Gasteiger partial charge in [-0.25, -0.2) is 14.5 Å².